The van der Waals surface area contributed by atoms with Crippen LogP contribution in [0.3, 0.4) is 0 Å². The van der Waals surface area contributed by atoms with Crippen LogP contribution in [0.15, 0.2) is 24.3 Å². The average Bonchev–Trinajstić information content (AvgIpc) is 2.78. The number of likely N-dealkylation sites (tertiary alicyclic amines) is 1. The van der Waals surface area contributed by atoms with Crippen LogP contribution in [0, 0.1) is 0 Å². The molecule has 1 aromatic carbocycles. The zero-order chi connectivity index (χ0) is 15.6. The molecule has 2 N–H and O–H groups in total. The predicted octanol–water partition coefficient (Wildman–Crippen LogP) is 3.97. The van der Waals surface area contributed by atoms with Gasteiger partial charge in [0.15, 0.2) is 0 Å². The Balaban J connectivity index is 2.19. The fourth-order valence-electron chi connectivity index (χ4n) is 3.30. The van der Waals surface area contributed by atoms with E-state index in [0.717, 1.165) is 25.3 Å². The molecule has 1 saturated heterocycles. The minimum atomic E-state index is -4.35. The van der Waals surface area contributed by atoms with Crippen molar-refractivity contribution in [3.8, 4) is 0 Å². The van der Waals surface area contributed by atoms with E-state index in [-0.39, 0.29) is 5.56 Å². The summed E-state index contributed by atoms with van der Waals surface area (Å²) in [7, 11) is 0. The minimum Gasteiger partial charge on any atom is -0.323 e. The molecule has 118 valence electrons. The molecule has 5 heteroatoms. The fraction of sp³-hybridized carbons (Fsp3) is 0.625. The van der Waals surface area contributed by atoms with Crippen LogP contribution in [0.1, 0.15) is 50.3 Å². The van der Waals surface area contributed by atoms with E-state index in [1.54, 1.807) is 6.07 Å². The molecule has 3 unspecified atom stereocenters. The van der Waals surface area contributed by atoms with Crippen LogP contribution >= 0.6 is 0 Å². The highest BCUT2D eigenvalue weighted by Crippen LogP contribution is 2.35. The second kappa shape index (κ2) is 6.36. The topological polar surface area (TPSA) is 29.3 Å². The molecule has 1 heterocycles. The van der Waals surface area contributed by atoms with E-state index >= 15 is 0 Å². The maximum atomic E-state index is 13.1. The summed E-state index contributed by atoms with van der Waals surface area (Å²) in [5, 5.41) is 0. The fourth-order valence-corrected chi connectivity index (χ4v) is 3.30. The first kappa shape index (κ1) is 16.3. The normalized spacial score (nSPS) is 25.2. The van der Waals surface area contributed by atoms with Crippen LogP contribution in [-0.2, 0) is 6.18 Å². The van der Waals surface area contributed by atoms with E-state index in [1.807, 2.05) is 0 Å². The second-order valence-corrected chi connectivity index (χ2v) is 5.88. The van der Waals surface area contributed by atoms with Crippen molar-refractivity contribution in [2.75, 3.05) is 6.54 Å². The number of alkyl halides is 3. The van der Waals surface area contributed by atoms with Gasteiger partial charge in [0.05, 0.1) is 5.56 Å². The van der Waals surface area contributed by atoms with Gasteiger partial charge in [0.2, 0.25) is 0 Å². The maximum absolute atomic E-state index is 13.1. The summed E-state index contributed by atoms with van der Waals surface area (Å²) in [6.45, 7) is 4.72. The molecule has 2 rings (SSSR count). The van der Waals surface area contributed by atoms with Crippen molar-refractivity contribution in [1.29, 1.82) is 0 Å². The lowest BCUT2D eigenvalue weighted by atomic mass is 9.99. The largest absolute Gasteiger partial charge is 0.416 e. The van der Waals surface area contributed by atoms with Gasteiger partial charge >= 0.3 is 6.18 Å². The Morgan fingerprint density at radius 1 is 1.29 bits per heavy atom. The molecule has 2 nitrogen and oxygen atoms in total. The van der Waals surface area contributed by atoms with Crippen LogP contribution in [-0.4, -0.2) is 23.5 Å². The van der Waals surface area contributed by atoms with Crippen LogP contribution in [0.5, 0.6) is 0 Å². The van der Waals surface area contributed by atoms with Crippen LogP contribution in [0.2, 0.25) is 0 Å². The van der Waals surface area contributed by atoms with Gasteiger partial charge in [0, 0.05) is 24.7 Å². The van der Waals surface area contributed by atoms with Gasteiger partial charge in [-0.2, -0.15) is 13.2 Å². The van der Waals surface area contributed by atoms with E-state index < -0.39 is 17.8 Å². The molecule has 1 aliphatic rings. The van der Waals surface area contributed by atoms with E-state index in [0.29, 0.717) is 18.6 Å². The quantitative estimate of drug-likeness (QED) is 0.911. The van der Waals surface area contributed by atoms with E-state index in [4.69, 9.17) is 5.73 Å². The third-order valence-electron chi connectivity index (χ3n) is 4.50. The van der Waals surface area contributed by atoms with Gasteiger partial charge in [-0.05, 0) is 37.8 Å². The van der Waals surface area contributed by atoms with Crippen molar-refractivity contribution in [3.05, 3.63) is 35.4 Å². The molecule has 21 heavy (non-hydrogen) atoms. The third-order valence-corrected chi connectivity index (χ3v) is 4.50. The number of benzene rings is 1. The Hall–Kier alpha value is -1.07. The van der Waals surface area contributed by atoms with Gasteiger partial charge in [-0.25, -0.2) is 0 Å². The molecule has 3 atom stereocenters. The van der Waals surface area contributed by atoms with Crippen molar-refractivity contribution in [2.24, 2.45) is 5.73 Å². The molecule has 0 saturated carbocycles. The summed E-state index contributed by atoms with van der Waals surface area (Å²) >= 11 is 0. The van der Waals surface area contributed by atoms with E-state index in [9.17, 15) is 13.2 Å². The lowest BCUT2D eigenvalue weighted by Gasteiger charge is -2.31. The van der Waals surface area contributed by atoms with Gasteiger partial charge in [-0.3, -0.25) is 4.90 Å². The van der Waals surface area contributed by atoms with Crippen LogP contribution in [0.4, 0.5) is 13.2 Å². The van der Waals surface area contributed by atoms with Crippen LogP contribution < -0.4 is 5.73 Å². The SMILES string of the molecule is CCC1CCC(C)N1CC(N)c1ccccc1C(F)(F)F. The molecule has 1 aliphatic heterocycles. The van der Waals surface area contributed by atoms with Gasteiger partial charge in [-0.15, -0.1) is 0 Å². The summed E-state index contributed by atoms with van der Waals surface area (Å²) in [6, 6.07) is 5.84. The van der Waals surface area contributed by atoms with Gasteiger partial charge in [-0.1, -0.05) is 25.1 Å². The van der Waals surface area contributed by atoms with Crippen molar-refractivity contribution < 1.29 is 13.2 Å². The average molecular weight is 300 g/mol. The smallest absolute Gasteiger partial charge is 0.323 e. The van der Waals surface area contributed by atoms with Crippen molar-refractivity contribution in [2.45, 2.75) is 57.4 Å². The summed E-state index contributed by atoms with van der Waals surface area (Å²) in [5.41, 5.74) is 5.69. The molecule has 1 aromatic rings. The van der Waals surface area contributed by atoms with E-state index in [2.05, 4.69) is 18.7 Å². The Labute approximate surface area is 124 Å². The summed E-state index contributed by atoms with van der Waals surface area (Å²) in [4.78, 5) is 2.26. The predicted molar refractivity (Wildman–Crippen MR) is 77.9 cm³/mol. The molecule has 0 radical (unpaired) electrons. The highest BCUT2D eigenvalue weighted by molar-refractivity contribution is 5.32. The lowest BCUT2D eigenvalue weighted by molar-refractivity contribution is -0.138. The number of hydrogen-bond donors (Lipinski definition) is 1. The first-order valence-corrected chi connectivity index (χ1v) is 7.52. The first-order valence-electron chi connectivity index (χ1n) is 7.52. The van der Waals surface area contributed by atoms with Gasteiger partial charge < -0.3 is 5.73 Å². The lowest BCUT2D eigenvalue weighted by Crippen LogP contribution is -2.40. The summed E-state index contributed by atoms with van der Waals surface area (Å²) in [6.07, 6.45) is -1.15. The summed E-state index contributed by atoms with van der Waals surface area (Å²) < 4.78 is 39.2. The summed E-state index contributed by atoms with van der Waals surface area (Å²) in [5.74, 6) is 0. The number of nitrogens with two attached hydrogens (primary N) is 1. The second-order valence-electron chi connectivity index (χ2n) is 5.88. The highest BCUT2D eigenvalue weighted by Gasteiger charge is 2.36. The number of rotatable bonds is 4. The Kier molecular flexibility index (Phi) is 4.94. The standard InChI is InChI=1S/C16H23F3N2/c1-3-12-9-8-11(2)21(12)10-15(20)13-6-4-5-7-14(13)16(17,18)19/h4-7,11-12,15H,3,8-10,20H2,1-2H3. The van der Waals surface area contributed by atoms with Gasteiger partial charge in [0.1, 0.15) is 0 Å². The Morgan fingerprint density at radius 3 is 2.57 bits per heavy atom. The number of hydrogen-bond acceptors (Lipinski definition) is 2. The Bertz CT molecular complexity index is 473. The Morgan fingerprint density at radius 2 is 1.95 bits per heavy atom. The monoisotopic (exact) mass is 300 g/mol. The van der Waals surface area contributed by atoms with Crippen molar-refractivity contribution in [1.82, 2.24) is 4.90 Å². The van der Waals surface area contributed by atoms with Crippen LogP contribution in [0.25, 0.3) is 0 Å². The van der Waals surface area contributed by atoms with Crippen molar-refractivity contribution >= 4 is 0 Å². The molecule has 0 bridgehead atoms. The molecular weight excluding hydrogens is 277 g/mol. The zero-order valence-corrected chi connectivity index (χ0v) is 12.5. The maximum Gasteiger partial charge on any atom is 0.416 e. The zero-order valence-electron chi connectivity index (χ0n) is 12.5. The highest BCUT2D eigenvalue weighted by atomic mass is 19.4. The van der Waals surface area contributed by atoms with Gasteiger partial charge in [0.25, 0.3) is 0 Å². The molecule has 0 spiro atoms. The minimum absolute atomic E-state index is 0.193. The molecule has 1 fully saturated rings. The number of nitrogens with zero attached hydrogens (tertiary/aromatic N) is 1. The molecule has 0 aliphatic carbocycles. The molecular formula is C16H23F3N2. The molecule has 0 aromatic heterocycles. The molecule has 0 amide bonds. The van der Waals surface area contributed by atoms with E-state index in [1.165, 1.54) is 12.1 Å². The van der Waals surface area contributed by atoms with Crippen molar-refractivity contribution in [3.63, 3.8) is 0 Å². The third kappa shape index (κ3) is 3.58. The first-order chi connectivity index (χ1) is 9.84. The number of halogens is 3.